The molecule has 2 aromatic rings. The average Bonchev–Trinajstić information content (AvgIpc) is 2.77. The Bertz CT molecular complexity index is 929. The SMILES string of the molecule is CC(C)(C)C1CNCCN1C(=O)N(Cc1ccc(C(=O)NN)cc1F)c1ccccc1. The minimum Gasteiger partial charge on any atom is -0.318 e. The Morgan fingerprint density at radius 2 is 1.94 bits per heavy atom. The second-order valence-corrected chi connectivity index (χ2v) is 8.76. The predicted octanol–water partition coefficient (Wildman–Crippen LogP) is 2.88. The molecule has 1 aliphatic rings. The Morgan fingerprint density at radius 1 is 1.23 bits per heavy atom. The maximum atomic E-state index is 14.8. The number of rotatable bonds is 4. The van der Waals surface area contributed by atoms with E-state index in [9.17, 15) is 14.0 Å². The topological polar surface area (TPSA) is 90.7 Å². The molecule has 0 bridgehead atoms. The van der Waals surface area contributed by atoms with Crippen molar-refractivity contribution in [2.24, 2.45) is 11.3 Å². The lowest BCUT2D eigenvalue weighted by Gasteiger charge is -2.45. The molecule has 0 spiro atoms. The number of carbonyl (C=O) groups excluding carboxylic acids is 2. The molecule has 0 radical (unpaired) electrons. The van der Waals surface area contributed by atoms with Gasteiger partial charge in [0.2, 0.25) is 0 Å². The van der Waals surface area contributed by atoms with Crippen LogP contribution < -0.4 is 21.5 Å². The van der Waals surface area contributed by atoms with E-state index in [0.29, 0.717) is 30.9 Å². The molecule has 0 saturated carbocycles. The molecule has 8 heteroatoms. The normalized spacial score (nSPS) is 16.7. The van der Waals surface area contributed by atoms with Gasteiger partial charge in [0.25, 0.3) is 5.91 Å². The van der Waals surface area contributed by atoms with Crippen LogP contribution in [0.2, 0.25) is 0 Å². The quantitative estimate of drug-likeness (QED) is 0.398. The van der Waals surface area contributed by atoms with Gasteiger partial charge in [-0.1, -0.05) is 45.0 Å². The minimum atomic E-state index is -0.574. The van der Waals surface area contributed by atoms with E-state index in [1.54, 1.807) is 4.90 Å². The number of benzene rings is 2. The fourth-order valence-electron chi connectivity index (χ4n) is 3.81. The Morgan fingerprint density at radius 3 is 2.55 bits per heavy atom. The van der Waals surface area contributed by atoms with Gasteiger partial charge in [-0.05, 0) is 29.7 Å². The average molecular weight is 428 g/mol. The molecule has 0 aliphatic carbocycles. The van der Waals surface area contributed by atoms with Crippen LogP contribution in [-0.2, 0) is 6.54 Å². The summed E-state index contributed by atoms with van der Waals surface area (Å²) >= 11 is 0. The van der Waals surface area contributed by atoms with Crippen LogP contribution in [0.25, 0.3) is 0 Å². The van der Waals surface area contributed by atoms with Crippen LogP contribution in [0.5, 0.6) is 0 Å². The zero-order valence-electron chi connectivity index (χ0n) is 18.2. The molecule has 4 N–H and O–H groups in total. The maximum Gasteiger partial charge on any atom is 0.325 e. The highest BCUT2D eigenvalue weighted by Crippen LogP contribution is 2.28. The van der Waals surface area contributed by atoms with Crippen LogP contribution in [0.3, 0.4) is 0 Å². The molecule has 1 fully saturated rings. The summed E-state index contributed by atoms with van der Waals surface area (Å²) in [4.78, 5) is 28.9. The first-order valence-corrected chi connectivity index (χ1v) is 10.4. The van der Waals surface area contributed by atoms with E-state index in [2.05, 4.69) is 26.1 Å². The molecular weight excluding hydrogens is 397 g/mol. The zero-order chi connectivity index (χ0) is 22.6. The van der Waals surface area contributed by atoms with Crippen molar-refractivity contribution < 1.29 is 14.0 Å². The van der Waals surface area contributed by atoms with Crippen molar-refractivity contribution in [1.29, 1.82) is 0 Å². The van der Waals surface area contributed by atoms with E-state index in [4.69, 9.17) is 5.84 Å². The first-order valence-electron chi connectivity index (χ1n) is 10.4. The summed E-state index contributed by atoms with van der Waals surface area (Å²) in [5.41, 5.74) is 2.99. The maximum absolute atomic E-state index is 14.8. The van der Waals surface area contributed by atoms with Gasteiger partial charge in [-0.15, -0.1) is 0 Å². The monoisotopic (exact) mass is 427 g/mol. The lowest BCUT2D eigenvalue weighted by atomic mass is 9.84. The van der Waals surface area contributed by atoms with Crippen LogP contribution in [-0.4, -0.2) is 42.5 Å². The number of hydrogen-bond donors (Lipinski definition) is 3. The van der Waals surface area contributed by atoms with E-state index in [-0.39, 0.29) is 29.6 Å². The van der Waals surface area contributed by atoms with Gasteiger partial charge in [-0.3, -0.25) is 15.1 Å². The molecule has 3 amide bonds. The van der Waals surface area contributed by atoms with Gasteiger partial charge in [0.1, 0.15) is 5.82 Å². The highest BCUT2D eigenvalue weighted by molar-refractivity contribution is 5.94. The molecule has 31 heavy (non-hydrogen) atoms. The Kier molecular flexibility index (Phi) is 6.92. The van der Waals surface area contributed by atoms with E-state index in [1.165, 1.54) is 12.1 Å². The fraction of sp³-hybridized carbons (Fsp3) is 0.391. The minimum absolute atomic E-state index is 0.000403. The number of carbonyl (C=O) groups is 2. The zero-order valence-corrected chi connectivity index (χ0v) is 18.2. The molecule has 0 aromatic heterocycles. The summed E-state index contributed by atoms with van der Waals surface area (Å²) in [6, 6.07) is 13.2. The largest absolute Gasteiger partial charge is 0.325 e. The van der Waals surface area contributed by atoms with E-state index in [1.807, 2.05) is 40.7 Å². The van der Waals surface area contributed by atoms with Crippen LogP contribution in [0, 0.1) is 11.2 Å². The van der Waals surface area contributed by atoms with Crippen LogP contribution in [0.15, 0.2) is 48.5 Å². The second-order valence-electron chi connectivity index (χ2n) is 8.76. The van der Waals surface area contributed by atoms with Crippen molar-refractivity contribution in [2.45, 2.75) is 33.4 Å². The van der Waals surface area contributed by atoms with Gasteiger partial charge in [0.15, 0.2) is 0 Å². The van der Waals surface area contributed by atoms with Crippen molar-refractivity contribution in [3.63, 3.8) is 0 Å². The number of nitrogens with two attached hydrogens (primary N) is 1. The van der Waals surface area contributed by atoms with E-state index < -0.39 is 11.7 Å². The van der Waals surface area contributed by atoms with Crippen LogP contribution in [0.1, 0.15) is 36.7 Å². The number of piperazine rings is 1. The Balaban J connectivity index is 1.94. The molecule has 1 heterocycles. The lowest BCUT2D eigenvalue weighted by molar-refractivity contribution is 0.0953. The van der Waals surface area contributed by atoms with Crippen molar-refractivity contribution in [2.75, 3.05) is 24.5 Å². The number of halogens is 1. The summed E-state index contributed by atoms with van der Waals surface area (Å²) in [5.74, 6) is 3.99. The molecule has 2 aromatic carbocycles. The number of hydrazine groups is 1. The van der Waals surface area contributed by atoms with Gasteiger partial charge < -0.3 is 10.2 Å². The summed E-state index contributed by atoms with van der Waals surface area (Å²) < 4.78 is 14.8. The summed E-state index contributed by atoms with van der Waals surface area (Å²) in [5, 5.41) is 3.37. The molecule has 1 unspecified atom stereocenters. The van der Waals surface area contributed by atoms with Crippen molar-refractivity contribution in [1.82, 2.24) is 15.6 Å². The van der Waals surface area contributed by atoms with Gasteiger partial charge in [-0.25, -0.2) is 15.0 Å². The third-order valence-corrected chi connectivity index (χ3v) is 5.56. The van der Waals surface area contributed by atoms with E-state index >= 15 is 0 Å². The highest BCUT2D eigenvalue weighted by Gasteiger charge is 2.37. The number of nitrogen functional groups attached to an aromatic ring is 1. The third-order valence-electron chi connectivity index (χ3n) is 5.56. The highest BCUT2D eigenvalue weighted by atomic mass is 19.1. The van der Waals surface area contributed by atoms with Crippen molar-refractivity contribution in [3.8, 4) is 0 Å². The summed E-state index contributed by atoms with van der Waals surface area (Å²) in [6.07, 6.45) is 0. The number of nitrogens with zero attached hydrogens (tertiary/aromatic N) is 2. The fourth-order valence-corrected chi connectivity index (χ4v) is 3.81. The lowest BCUT2D eigenvalue weighted by Crippen LogP contribution is -2.61. The number of urea groups is 1. The number of anilines is 1. The predicted molar refractivity (Wildman–Crippen MR) is 119 cm³/mol. The molecule has 1 atom stereocenters. The molecular formula is C23H30FN5O2. The molecule has 166 valence electrons. The van der Waals surface area contributed by atoms with Crippen molar-refractivity contribution in [3.05, 3.63) is 65.5 Å². The number of para-hydroxylation sites is 1. The Labute approximate surface area is 182 Å². The molecule has 1 aliphatic heterocycles. The molecule has 1 saturated heterocycles. The molecule has 7 nitrogen and oxygen atoms in total. The Hall–Kier alpha value is -2.97. The van der Waals surface area contributed by atoms with Crippen LogP contribution in [0.4, 0.5) is 14.9 Å². The molecule has 3 rings (SSSR count). The van der Waals surface area contributed by atoms with E-state index in [0.717, 1.165) is 6.07 Å². The standard InChI is InChI=1S/C23H30FN5O2/c1-23(2,3)20-14-26-11-12-28(20)22(31)29(18-7-5-4-6-8-18)15-17-10-9-16(13-19(17)24)21(30)27-25/h4-10,13,20,26H,11-12,14-15,25H2,1-3H3,(H,27,30). The summed E-state index contributed by atoms with van der Waals surface area (Å²) in [6.45, 7) is 8.35. The summed E-state index contributed by atoms with van der Waals surface area (Å²) in [7, 11) is 0. The number of hydrogen-bond acceptors (Lipinski definition) is 4. The first-order chi connectivity index (χ1) is 14.7. The van der Waals surface area contributed by atoms with Gasteiger partial charge in [0, 0.05) is 36.4 Å². The first kappa shape index (κ1) is 22.7. The van der Waals surface area contributed by atoms with Gasteiger partial charge in [-0.2, -0.15) is 0 Å². The number of nitrogens with one attached hydrogen (secondary N) is 2. The van der Waals surface area contributed by atoms with Gasteiger partial charge in [0.05, 0.1) is 12.6 Å². The van der Waals surface area contributed by atoms with Crippen molar-refractivity contribution >= 4 is 17.6 Å². The smallest absolute Gasteiger partial charge is 0.318 e. The third kappa shape index (κ3) is 5.21. The second kappa shape index (κ2) is 9.45. The number of amides is 3. The van der Waals surface area contributed by atoms with Gasteiger partial charge >= 0.3 is 6.03 Å². The van der Waals surface area contributed by atoms with Crippen LogP contribution >= 0.6 is 0 Å².